The molecule has 6 nitrogen and oxygen atoms in total. The summed E-state index contributed by atoms with van der Waals surface area (Å²) in [5, 5.41) is 6.96. The number of aliphatic imine (C=N–C) groups is 1. The van der Waals surface area contributed by atoms with Crippen LogP contribution >= 0.6 is 11.6 Å². The second kappa shape index (κ2) is 10.6. The topological polar surface area (TPSA) is 74.1 Å². The molecule has 1 N–H and O–H groups in total. The molecular weight excluding hydrogens is 499 g/mol. The minimum atomic E-state index is -3.91. The Hall–Kier alpha value is -2.97. The molecule has 0 unspecified atom stereocenters. The van der Waals surface area contributed by atoms with Crippen LogP contribution in [-0.2, 0) is 10.0 Å². The van der Waals surface area contributed by atoms with Crippen LogP contribution in [-0.4, -0.2) is 37.7 Å². The van der Waals surface area contributed by atoms with Crippen LogP contribution in [0.25, 0.3) is 0 Å². The van der Waals surface area contributed by atoms with Gasteiger partial charge in [0.1, 0.15) is 5.82 Å². The summed E-state index contributed by atoms with van der Waals surface area (Å²) < 4.78 is 42.9. The number of benzene rings is 2. The van der Waals surface area contributed by atoms with E-state index in [-0.39, 0.29) is 28.6 Å². The molecule has 188 valence electrons. The fourth-order valence-corrected chi connectivity index (χ4v) is 5.95. The van der Waals surface area contributed by atoms with E-state index in [0.29, 0.717) is 11.6 Å². The first-order chi connectivity index (χ1) is 17.4. The van der Waals surface area contributed by atoms with Gasteiger partial charge in [0.15, 0.2) is 0 Å². The number of nitrogens with one attached hydrogen (secondary N) is 1. The molecule has 0 saturated heterocycles. The highest BCUT2D eigenvalue weighted by atomic mass is 35.5. The predicted molar refractivity (Wildman–Crippen MR) is 141 cm³/mol. The lowest BCUT2D eigenvalue weighted by atomic mass is 9.87. The smallest absolute Gasteiger partial charge is 0.248 e. The SMILES string of the molecule is O=S(=O)(NC(=NC1CCCC1)N1C[C@H](C2=CCCC=C2)C(c2ccc(F)cc2)=N1)c1ccc(Cl)cc1. The van der Waals surface area contributed by atoms with Crippen molar-refractivity contribution in [2.45, 2.75) is 49.5 Å². The van der Waals surface area contributed by atoms with Crippen LogP contribution in [0.2, 0.25) is 5.02 Å². The molecule has 0 amide bonds. The Kier molecular flexibility index (Phi) is 7.25. The van der Waals surface area contributed by atoms with Crippen LogP contribution in [0.5, 0.6) is 0 Å². The number of hydrogen-bond acceptors (Lipinski definition) is 4. The first-order valence-electron chi connectivity index (χ1n) is 12.2. The van der Waals surface area contributed by atoms with Gasteiger partial charge in [0.05, 0.1) is 23.2 Å². The number of hydrogen-bond donors (Lipinski definition) is 1. The van der Waals surface area contributed by atoms with E-state index in [1.165, 1.54) is 24.3 Å². The quantitative estimate of drug-likeness (QED) is 0.403. The molecule has 1 saturated carbocycles. The van der Waals surface area contributed by atoms with Gasteiger partial charge in [0.25, 0.3) is 10.0 Å². The van der Waals surface area contributed by atoms with Gasteiger partial charge in [0.2, 0.25) is 5.96 Å². The Morgan fingerprint density at radius 1 is 1.06 bits per heavy atom. The molecule has 1 aliphatic heterocycles. The highest BCUT2D eigenvalue weighted by Gasteiger charge is 2.34. The van der Waals surface area contributed by atoms with E-state index in [1.807, 2.05) is 0 Å². The third-order valence-corrected chi connectivity index (χ3v) is 8.30. The molecule has 2 aliphatic carbocycles. The standard InChI is InChI=1S/C27H28ClFN4O2S/c28-21-12-16-24(17-13-21)36(34,35)32-27(30-23-8-4-5-9-23)33-18-25(19-6-2-1-3-7-19)26(31-33)20-10-14-22(29)15-11-20/h2,6-7,10-17,23,25H,1,3-5,8-9,18H2,(H,30,32)/t25-/m1/s1. The maximum atomic E-state index is 13.7. The number of nitrogens with zero attached hydrogens (tertiary/aromatic N) is 3. The van der Waals surface area contributed by atoms with E-state index in [4.69, 9.17) is 21.7 Å². The molecule has 1 heterocycles. The van der Waals surface area contributed by atoms with Crippen molar-refractivity contribution in [2.75, 3.05) is 6.54 Å². The maximum Gasteiger partial charge on any atom is 0.264 e. The average Bonchev–Trinajstić information content (AvgIpc) is 3.55. The van der Waals surface area contributed by atoms with Gasteiger partial charge in [0, 0.05) is 10.9 Å². The fraction of sp³-hybridized carbons (Fsp3) is 0.333. The summed E-state index contributed by atoms with van der Waals surface area (Å²) in [6.07, 6.45) is 12.3. The van der Waals surface area contributed by atoms with Gasteiger partial charge in [-0.3, -0.25) is 0 Å². The molecular formula is C27H28ClFN4O2S. The lowest BCUT2D eigenvalue weighted by molar-refractivity contribution is 0.446. The highest BCUT2D eigenvalue weighted by Crippen LogP contribution is 2.30. The van der Waals surface area contributed by atoms with E-state index < -0.39 is 10.0 Å². The van der Waals surface area contributed by atoms with Gasteiger partial charge >= 0.3 is 0 Å². The molecule has 36 heavy (non-hydrogen) atoms. The molecule has 1 fully saturated rings. The zero-order valence-corrected chi connectivity index (χ0v) is 21.4. The minimum Gasteiger partial charge on any atom is -0.248 e. The predicted octanol–water partition coefficient (Wildman–Crippen LogP) is 5.67. The lowest BCUT2D eigenvalue weighted by Crippen LogP contribution is -2.42. The zero-order chi connectivity index (χ0) is 25.1. The second-order valence-corrected chi connectivity index (χ2v) is 11.4. The van der Waals surface area contributed by atoms with Crippen molar-refractivity contribution in [1.29, 1.82) is 0 Å². The van der Waals surface area contributed by atoms with Gasteiger partial charge < -0.3 is 0 Å². The summed E-state index contributed by atoms with van der Waals surface area (Å²) in [6.45, 7) is 0.428. The third kappa shape index (κ3) is 5.55. The van der Waals surface area contributed by atoms with Crippen molar-refractivity contribution >= 4 is 33.3 Å². The summed E-state index contributed by atoms with van der Waals surface area (Å²) in [5.74, 6) is -0.207. The Morgan fingerprint density at radius 3 is 2.44 bits per heavy atom. The molecule has 2 aromatic rings. The number of allylic oxidation sites excluding steroid dienone is 3. The molecule has 2 aromatic carbocycles. The summed E-state index contributed by atoms with van der Waals surface area (Å²) in [6, 6.07) is 12.3. The Bertz CT molecular complexity index is 1330. The van der Waals surface area contributed by atoms with Gasteiger partial charge in [-0.25, -0.2) is 27.5 Å². The van der Waals surface area contributed by atoms with E-state index >= 15 is 0 Å². The van der Waals surface area contributed by atoms with Crippen LogP contribution in [0.3, 0.4) is 0 Å². The van der Waals surface area contributed by atoms with Crippen molar-refractivity contribution in [1.82, 2.24) is 9.73 Å². The monoisotopic (exact) mass is 526 g/mol. The van der Waals surface area contributed by atoms with Crippen LogP contribution < -0.4 is 4.72 Å². The fourth-order valence-electron chi connectivity index (χ4n) is 4.81. The lowest BCUT2D eigenvalue weighted by Gasteiger charge is -2.22. The van der Waals surface area contributed by atoms with Crippen molar-refractivity contribution in [2.24, 2.45) is 16.0 Å². The summed E-state index contributed by atoms with van der Waals surface area (Å²) in [7, 11) is -3.91. The van der Waals surface area contributed by atoms with Crippen molar-refractivity contribution in [3.8, 4) is 0 Å². The first-order valence-corrected chi connectivity index (χ1v) is 14.1. The van der Waals surface area contributed by atoms with Crippen molar-refractivity contribution in [3.05, 3.63) is 88.7 Å². The molecule has 0 aromatic heterocycles. The Balaban J connectivity index is 1.52. The Morgan fingerprint density at radius 2 is 1.78 bits per heavy atom. The first kappa shape index (κ1) is 24.7. The normalized spacial score (nSPS) is 21.0. The molecule has 5 rings (SSSR count). The largest absolute Gasteiger partial charge is 0.264 e. The maximum absolute atomic E-state index is 13.7. The Labute approximate surface area is 216 Å². The highest BCUT2D eigenvalue weighted by molar-refractivity contribution is 7.90. The minimum absolute atomic E-state index is 0.0326. The average molecular weight is 527 g/mol. The van der Waals surface area contributed by atoms with E-state index in [1.54, 1.807) is 29.3 Å². The van der Waals surface area contributed by atoms with E-state index in [2.05, 4.69) is 23.0 Å². The molecule has 1 atom stereocenters. The second-order valence-electron chi connectivity index (χ2n) is 9.26. The van der Waals surface area contributed by atoms with Crippen LogP contribution in [0.1, 0.15) is 44.1 Å². The third-order valence-electron chi connectivity index (χ3n) is 6.70. The van der Waals surface area contributed by atoms with Gasteiger partial charge in [-0.05, 0) is 73.2 Å². The number of guanidine groups is 1. The molecule has 0 spiro atoms. The summed E-state index contributed by atoms with van der Waals surface area (Å²) >= 11 is 5.96. The van der Waals surface area contributed by atoms with Gasteiger partial charge in [-0.15, -0.1) is 0 Å². The molecule has 0 bridgehead atoms. The number of sulfonamides is 1. The molecule has 3 aliphatic rings. The molecule has 9 heteroatoms. The van der Waals surface area contributed by atoms with Crippen LogP contribution in [0, 0.1) is 11.7 Å². The summed E-state index contributed by atoms with van der Waals surface area (Å²) in [4.78, 5) is 4.93. The van der Waals surface area contributed by atoms with Gasteiger partial charge in [-0.2, -0.15) is 5.10 Å². The number of hydrazone groups is 1. The van der Waals surface area contributed by atoms with Crippen LogP contribution in [0.15, 0.2) is 87.3 Å². The van der Waals surface area contributed by atoms with E-state index in [0.717, 1.165) is 55.4 Å². The summed E-state index contributed by atoms with van der Waals surface area (Å²) in [5.41, 5.74) is 2.68. The van der Waals surface area contributed by atoms with Crippen LogP contribution in [0.4, 0.5) is 4.39 Å². The number of rotatable bonds is 5. The zero-order valence-electron chi connectivity index (χ0n) is 19.8. The number of halogens is 2. The van der Waals surface area contributed by atoms with E-state index in [9.17, 15) is 12.8 Å². The van der Waals surface area contributed by atoms with Gasteiger partial charge in [-0.1, -0.05) is 54.8 Å². The van der Waals surface area contributed by atoms with Crippen molar-refractivity contribution in [3.63, 3.8) is 0 Å². The molecule has 0 radical (unpaired) electrons. The van der Waals surface area contributed by atoms with Crippen molar-refractivity contribution < 1.29 is 12.8 Å².